The van der Waals surface area contributed by atoms with Crippen molar-refractivity contribution >= 4 is 23.5 Å². The summed E-state index contributed by atoms with van der Waals surface area (Å²) in [4.78, 5) is 21.3. The van der Waals surface area contributed by atoms with Gasteiger partial charge >= 0.3 is 0 Å². The summed E-state index contributed by atoms with van der Waals surface area (Å²) < 4.78 is 7.14. The molecule has 0 spiro atoms. The standard InChI is InChI=1S/C20H19N7O2S/c1-12-9-13(2)22-19(21-12)27-16(10-14(3)26-27)23-17(28)11-30-20-25-24-18(29-20)15-7-5-4-6-8-15/h4-10H,11H2,1-3H3,(H,23,28). The SMILES string of the molecule is Cc1cc(C)nc(-n2nc(C)cc2NC(=O)CSc2nnc(-c3ccccc3)o2)n1. The van der Waals surface area contributed by atoms with Crippen molar-refractivity contribution in [2.45, 2.75) is 26.0 Å². The third-order valence-corrected chi connectivity index (χ3v) is 4.83. The predicted octanol–water partition coefficient (Wildman–Crippen LogP) is 3.37. The molecule has 0 saturated heterocycles. The van der Waals surface area contributed by atoms with Crippen LogP contribution >= 0.6 is 11.8 Å². The molecule has 4 aromatic rings. The lowest BCUT2D eigenvalue weighted by atomic mass is 10.2. The first-order valence-corrected chi connectivity index (χ1v) is 10.2. The number of aromatic nitrogens is 6. The van der Waals surface area contributed by atoms with Crippen LogP contribution in [0.3, 0.4) is 0 Å². The summed E-state index contributed by atoms with van der Waals surface area (Å²) in [6, 6.07) is 13.1. The molecule has 0 aliphatic rings. The van der Waals surface area contributed by atoms with E-state index in [2.05, 4.69) is 30.6 Å². The number of anilines is 1. The molecular weight excluding hydrogens is 402 g/mol. The van der Waals surface area contributed by atoms with Gasteiger partial charge in [0.15, 0.2) is 0 Å². The fourth-order valence-electron chi connectivity index (χ4n) is 2.81. The molecule has 3 heterocycles. The zero-order valence-corrected chi connectivity index (χ0v) is 17.5. The number of carbonyl (C=O) groups is 1. The Hall–Kier alpha value is -3.53. The van der Waals surface area contributed by atoms with Gasteiger partial charge in [-0.3, -0.25) is 4.79 Å². The molecule has 0 saturated carbocycles. The maximum Gasteiger partial charge on any atom is 0.277 e. The van der Waals surface area contributed by atoms with Gasteiger partial charge in [-0.2, -0.15) is 9.78 Å². The van der Waals surface area contributed by atoms with E-state index >= 15 is 0 Å². The first-order chi connectivity index (χ1) is 14.5. The molecule has 10 heteroatoms. The van der Waals surface area contributed by atoms with Crippen molar-refractivity contribution in [1.29, 1.82) is 0 Å². The molecule has 0 aliphatic carbocycles. The maximum absolute atomic E-state index is 12.5. The van der Waals surface area contributed by atoms with Gasteiger partial charge in [-0.25, -0.2) is 9.97 Å². The van der Waals surface area contributed by atoms with Crippen molar-refractivity contribution in [2.75, 3.05) is 11.1 Å². The summed E-state index contributed by atoms with van der Waals surface area (Å²) in [5.41, 5.74) is 3.22. The van der Waals surface area contributed by atoms with Gasteiger partial charge in [0.2, 0.25) is 11.8 Å². The maximum atomic E-state index is 12.5. The smallest absolute Gasteiger partial charge is 0.277 e. The molecule has 1 N–H and O–H groups in total. The van der Waals surface area contributed by atoms with Gasteiger partial charge < -0.3 is 9.73 Å². The van der Waals surface area contributed by atoms with E-state index in [-0.39, 0.29) is 11.7 Å². The molecule has 3 aromatic heterocycles. The van der Waals surface area contributed by atoms with Gasteiger partial charge in [-0.1, -0.05) is 30.0 Å². The van der Waals surface area contributed by atoms with Gasteiger partial charge in [0, 0.05) is 23.0 Å². The Bertz CT molecular complexity index is 1170. The third-order valence-electron chi connectivity index (χ3n) is 4.01. The van der Waals surface area contributed by atoms with Gasteiger partial charge in [-0.15, -0.1) is 10.2 Å². The highest BCUT2D eigenvalue weighted by Crippen LogP contribution is 2.23. The summed E-state index contributed by atoms with van der Waals surface area (Å²) in [5, 5.41) is 15.6. The zero-order chi connectivity index (χ0) is 21.1. The summed E-state index contributed by atoms with van der Waals surface area (Å²) in [6.07, 6.45) is 0. The van der Waals surface area contributed by atoms with Crippen LogP contribution in [0.2, 0.25) is 0 Å². The fourth-order valence-corrected chi connectivity index (χ4v) is 3.38. The number of carbonyl (C=O) groups excluding carboxylic acids is 1. The lowest BCUT2D eigenvalue weighted by Gasteiger charge is -2.08. The van der Waals surface area contributed by atoms with Crippen LogP contribution in [0.1, 0.15) is 17.1 Å². The molecule has 152 valence electrons. The number of thioether (sulfide) groups is 1. The predicted molar refractivity (Wildman–Crippen MR) is 112 cm³/mol. The average Bonchev–Trinajstić information content (AvgIpc) is 3.33. The molecular formula is C20H19N7O2S. The van der Waals surface area contributed by atoms with Crippen LogP contribution in [-0.2, 0) is 4.79 Å². The highest BCUT2D eigenvalue weighted by molar-refractivity contribution is 7.99. The molecule has 0 bridgehead atoms. The fraction of sp³-hybridized carbons (Fsp3) is 0.200. The second-order valence-corrected chi connectivity index (χ2v) is 7.54. The van der Waals surface area contributed by atoms with E-state index in [1.807, 2.05) is 57.2 Å². The normalized spacial score (nSPS) is 10.9. The van der Waals surface area contributed by atoms with E-state index < -0.39 is 0 Å². The van der Waals surface area contributed by atoms with Crippen LogP contribution in [0.25, 0.3) is 17.4 Å². The van der Waals surface area contributed by atoms with Crippen LogP contribution in [0.5, 0.6) is 0 Å². The monoisotopic (exact) mass is 421 g/mol. The molecule has 0 atom stereocenters. The first-order valence-electron chi connectivity index (χ1n) is 9.19. The van der Waals surface area contributed by atoms with Crippen molar-refractivity contribution in [2.24, 2.45) is 0 Å². The summed E-state index contributed by atoms with van der Waals surface area (Å²) in [5.74, 6) is 1.20. The quantitative estimate of drug-likeness (QED) is 0.472. The Morgan fingerprint density at radius 3 is 2.50 bits per heavy atom. The second kappa shape index (κ2) is 8.46. The highest BCUT2D eigenvalue weighted by atomic mass is 32.2. The number of aryl methyl sites for hydroxylation is 3. The molecule has 30 heavy (non-hydrogen) atoms. The van der Waals surface area contributed by atoms with E-state index in [0.717, 1.165) is 34.4 Å². The molecule has 0 radical (unpaired) electrons. The minimum absolute atomic E-state index is 0.106. The highest BCUT2D eigenvalue weighted by Gasteiger charge is 2.15. The molecule has 0 aliphatic heterocycles. The largest absolute Gasteiger partial charge is 0.411 e. The van der Waals surface area contributed by atoms with E-state index in [4.69, 9.17) is 4.42 Å². The Labute approximate surface area is 177 Å². The van der Waals surface area contributed by atoms with Crippen molar-refractivity contribution in [1.82, 2.24) is 29.9 Å². The van der Waals surface area contributed by atoms with Crippen LogP contribution in [0.4, 0.5) is 5.82 Å². The number of nitrogens with zero attached hydrogens (tertiary/aromatic N) is 6. The van der Waals surface area contributed by atoms with Crippen LogP contribution in [0.15, 0.2) is 52.1 Å². The molecule has 0 unspecified atom stereocenters. The number of amides is 1. The summed E-state index contributed by atoms with van der Waals surface area (Å²) in [6.45, 7) is 5.61. The van der Waals surface area contributed by atoms with E-state index in [0.29, 0.717) is 22.9 Å². The number of benzene rings is 1. The Morgan fingerprint density at radius 2 is 1.77 bits per heavy atom. The van der Waals surface area contributed by atoms with Crippen LogP contribution in [-0.4, -0.2) is 41.6 Å². The van der Waals surface area contributed by atoms with Crippen molar-refractivity contribution in [3.8, 4) is 17.4 Å². The Kier molecular flexibility index (Phi) is 5.57. The van der Waals surface area contributed by atoms with Gasteiger partial charge in [0.1, 0.15) is 5.82 Å². The van der Waals surface area contributed by atoms with E-state index in [1.54, 1.807) is 6.07 Å². The second-order valence-electron chi connectivity index (χ2n) is 6.61. The lowest BCUT2D eigenvalue weighted by Crippen LogP contribution is -2.18. The minimum Gasteiger partial charge on any atom is -0.411 e. The summed E-state index contributed by atoms with van der Waals surface area (Å²) in [7, 11) is 0. The van der Waals surface area contributed by atoms with Gasteiger partial charge in [0.25, 0.3) is 11.2 Å². The van der Waals surface area contributed by atoms with E-state index in [1.165, 1.54) is 4.68 Å². The molecule has 9 nitrogen and oxygen atoms in total. The molecule has 1 aromatic carbocycles. The lowest BCUT2D eigenvalue weighted by molar-refractivity contribution is -0.113. The van der Waals surface area contributed by atoms with Crippen molar-refractivity contribution in [3.63, 3.8) is 0 Å². The van der Waals surface area contributed by atoms with Gasteiger partial charge in [-0.05, 0) is 39.0 Å². The Balaban J connectivity index is 1.43. The molecule has 1 amide bonds. The topological polar surface area (TPSA) is 112 Å². The number of hydrogen-bond donors (Lipinski definition) is 1. The number of rotatable bonds is 6. The zero-order valence-electron chi connectivity index (χ0n) is 16.7. The molecule has 4 rings (SSSR count). The third kappa shape index (κ3) is 4.54. The summed E-state index contributed by atoms with van der Waals surface area (Å²) >= 11 is 1.16. The average molecular weight is 421 g/mol. The minimum atomic E-state index is -0.231. The van der Waals surface area contributed by atoms with Gasteiger partial charge in [0.05, 0.1) is 11.4 Å². The van der Waals surface area contributed by atoms with Crippen molar-refractivity contribution < 1.29 is 9.21 Å². The van der Waals surface area contributed by atoms with Crippen LogP contribution < -0.4 is 5.32 Å². The Morgan fingerprint density at radius 1 is 1.03 bits per heavy atom. The first kappa shape index (κ1) is 19.8. The van der Waals surface area contributed by atoms with E-state index in [9.17, 15) is 4.79 Å². The number of hydrogen-bond acceptors (Lipinski definition) is 8. The molecule has 0 fully saturated rings. The van der Waals surface area contributed by atoms with Crippen LogP contribution in [0, 0.1) is 20.8 Å². The number of nitrogens with one attached hydrogen (secondary N) is 1. The van der Waals surface area contributed by atoms with Crippen molar-refractivity contribution in [3.05, 3.63) is 59.5 Å².